The number of aromatic nitrogens is 3. The summed E-state index contributed by atoms with van der Waals surface area (Å²) in [6.07, 6.45) is 0. The number of rotatable bonds is 2. The molecule has 1 aromatic heterocycles. The average Bonchev–Trinajstić information content (AvgIpc) is 2.63. The third-order valence-electron chi connectivity index (χ3n) is 2.46. The largest absolute Gasteiger partial charge is 0.357 e. The molecule has 84 valence electrons. The molecule has 0 saturated carbocycles. The second kappa shape index (κ2) is 3.92. The fraction of sp³-hybridized carbons (Fsp3) is 0.273. The summed E-state index contributed by atoms with van der Waals surface area (Å²) in [5.74, 6) is 0.838. The van der Waals surface area contributed by atoms with E-state index in [2.05, 4.69) is 15.5 Å². The van der Waals surface area contributed by atoms with E-state index in [1.54, 1.807) is 30.8 Å². The molecule has 0 spiro atoms. The van der Waals surface area contributed by atoms with Crippen LogP contribution in [0.5, 0.6) is 0 Å². The number of nitrogens with one attached hydrogen (secondary N) is 1. The molecule has 0 radical (unpaired) electrons. The fourth-order valence-electron chi connectivity index (χ4n) is 1.59. The van der Waals surface area contributed by atoms with Crippen LogP contribution in [-0.4, -0.2) is 21.8 Å². The first-order valence-corrected chi connectivity index (χ1v) is 4.97. The molecule has 0 unspecified atom stereocenters. The molecule has 1 heterocycles. The number of anilines is 1. The van der Waals surface area contributed by atoms with Crippen molar-refractivity contribution in [1.82, 2.24) is 14.8 Å². The van der Waals surface area contributed by atoms with E-state index in [0.717, 1.165) is 5.56 Å². The van der Waals surface area contributed by atoms with Gasteiger partial charge in [0.2, 0.25) is 5.95 Å². The smallest absolute Gasteiger partial charge is 0.224 e. The van der Waals surface area contributed by atoms with E-state index in [1.807, 2.05) is 6.92 Å². The van der Waals surface area contributed by atoms with E-state index < -0.39 is 0 Å². The number of nitrogens with zero attached hydrogens (tertiary/aromatic N) is 3. The molecule has 16 heavy (non-hydrogen) atoms. The Morgan fingerprint density at radius 1 is 1.31 bits per heavy atom. The van der Waals surface area contributed by atoms with Crippen molar-refractivity contribution in [3.63, 3.8) is 0 Å². The third kappa shape index (κ3) is 1.64. The summed E-state index contributed by atoms with van der Waals surface area (Å²) in [4.78, 5) is 0. The quantitative estimate of drug-likeness (QED) is 0.841. The molecule has 0 aliphatic carbocycles. The molecule has 0 amide bonds. The van der Waals surface area contributed by atoms with Crippen molar-refractivity contribution in [3.05, 3.63) is 29.6 Å². The van der Waals surface area contributed by atoms with Crippen molar-refractivity contribution >= 4 is 5.95 Å². The fourth-order valence-corrected chi connectivity index (χ4v) is 1.59. The van der Waals surface area contributed by atoms with Crippen LogP contribution in [0.4, 0.5) is 10.3 Å². The minimum Gasteiger partial charge on any atom is -0.357 e. The van der Waals surface area contributed by atoms with Gasteiger partial charge >= 0.3 is 0 Å². The maximum absolute atomic E-state index is 13.6. The summed E-state index contributed by atoms with van der Waals surface area (Å²) >= 11 is 0. The van der Waals surface area contributed by atoms with Gasteiger partial charge in [-0.15, -0.1) is 10.2 Å². The summed E-state index contributed by atoms with van der Waals surface area (Å²) in [6, 6.07) is 4.94. The molecule has 0 fully saturated rings. The van der Waals surface area contributed by atoms with Crippen molar-refractivity contribution in [2.75, 3.05) is 12.4 Å². The lowest BCUT2D eigenvalue weighted by Crippen LogP contribution is -2.00. The summed E-state index contributed by atoms with van der Waals surface area (Å²) in [5.41, 5.74) is 1.46. The van der Waals surface area contributed by atoms with E-state index in [9.17, 15) is 4.39 Å². The van der Waals surface area contributed by atoms with E-state index in [0.29, 0.717) is 17.3 Å². The van der Waals surface area contributed by atoms with Gasteiger partial charge in [0, 0.05) is 14.1 Å². The first-order chi connectivity index (χ1) is 7.63. The van der Waals surface area contributed by atoms with Crippen molar-refractivity contribution in [2.24, 2.45) is 7.05 Å². The summed E-state index contributed by atoms with van der Waals surface area (Å²) in [6.45, 7) is 1.91. The van der Waals surface area contributed by atoms with Crippen LogP contribution in [0.25, 0.3) is 11.4 Å². The summed E-state index contributed by atoms with van der Waals surface area (Å²) < 4.78 is 15.4. The molecule has 0 bridgehead atoms. The molecule has 2 aromatic rings. The van der Waals surface area contributed by atoms with Crippen LogP contribution in [0.15, 0.2) is 18.2 Å². The van der Waals surface area contributed by atoms with Gasteiger partial charge in [-0.1, -0.05) is 11.6 Å². The molecule has 0 saturated heterocycles. The number of hydrogen-bond acceptors (Lipinski definition) is 3. The third-order valence-corrected chi connectivity index (χ3v) is 2.46. The Hall–Kier alpha value is -1.91. The maximum Gasteiger partial charge on any atom is 0.224 e. The topological polar surface area (TPSA) is 42.7 Å². The van der Waals surface area contributed by atoms with Crippen molar-refractivity contribution < 1.29 is 4.39 Å². The summed E-state index contributed by atoms with van der Waals surface area (Å²) in [7, 11) is 3.54. The van der Waals surface area contributed by atoms with Crippen molar-refractivity contribution in [2.45, 2.75) is 6.92 Å². The first-order valence-electron chi connectivity index (χ1n) is 4.97. The zero-order valence-electron chi connectivity index (χ0n) is 9.45. The Bertz CT molecular complexity index is 519. The van der Waals surface area contributed by atoms with Crippen LogP contribution in [0.3, 0.4) is 0 Å². The van der Waals surface area contributed by atoms with Gasteiger partial charge in [-0.3, -0.25) is 4.57 Å². The molecule has 4 nitrogen and oxygen atoms in total. The highest BCUT2D eigenvalue weighted by Gasteiger charge is 2.13. The lowest BCUT2D eigenvalue weighted by Gasteiger charge is -2.05. The predicted molar refractivity (Wildman–Crippen MR) is 60.7 cm³/mol. The Labute approximate surface area is 93.1 Å². The van der Waals surface area contributed by atoms with Crippen LogP contribution in [0.2, 0.25) is 0 Å². The highest BCUT2D eigenvalue weighted by atomic mass is 19.1. The van der Waals surface area contributed by atoms with Crippen LogP contribution in [-0.2, 0) is 7.05 Å². The Morgan fingerprint density at radius 3 is 2.69 bits per heavy atom. The molecular formula is C11H13FN4. The molecule has 0 atom stereocenters. The van der Waals surface area contributed by atoms with Gasteiger partial charge in [0.1, 0.15) is 5.82 Å². The number of aryl methyl sites for hydroxylation is 1. The molecule has 0 aliphatic rings. The zero-order valence-corrected chi connectivity index (χ0v) is 9.45. The van der Waals surface area contributed by atoms with Gasteiger partial charge in [-0.05, 0) is 19.1 Å². The monoisotopic (exact) mass is 220 g/mol. The normalized spacial score (nSPS) is 10.5. The number of halogens is 1. The Balaban J connectivity index is 2.58. The van der Waals surface area contributed by atoms with Gasteiger partial charge in [-0.2, -0.15) is 0 Å². The van der Waals surface area contributed by atoms with Gasteiger partial charge in [0.05, 0.1) is 5.56 Å². The average molecular weight is 220 g/mol. The van der Waals surface area contributed by atoms with Crippen molar-refractivity contribution in [1.29, 1.82) is 0 Å². The maximum atomic E-state index is 13.6. The van der Waals surface area contributed by atoms with E-state index in [-0.39, 0.29) is 5.82 Å². The molecule has 1 N–H and O–H groups in total. The predicted octanol–water partition coefficient (Wildman–Crippen LogP) is 1.97. The minimum absolute atomic E-state index is 0.288. The second-order valence-corrected chi connectivity index (χ2v) is 3.64. The van der Waals surface area contributed by atoms with Crippen LogP contribution < -0.4 is 5.32 Å². The van der Waals surface area contributed by atoms with Crippen LogP contribution in [0, 0.1) is 12.7 Å². The molecule has 1 aromatic carbocycles. The lowest BCUT2D eigenvalue weighted by atomic mass is 10.1. The van der Waals surface area contributed by atoms with E-state index >= 15 is 0 Å². The van der Waals surface area contributed by atoms with Crippen LogP contribution >= 0.6 is 0 Å². The Kier molecular flexibility index (Phi) is 2.60. The highest BCUT2D eigenvalue weighted by Crippen LogP contribution is 2.23. The molecule has 0 aliphatic heterocycles. The van der Waals surface area contributed by atoms with Gasteiger partial charge in [-0.25, -0.2) is 4.39 Å². The van der Waals surface area contributed by atoms with Crippen LogP contribution in [0.1, 0.15) is 5.56 Å². The van der Waals surface area contributed by atoms with E-state index in [4.69, 9.17) is 0 Å². The van der Waals surface area contributed by atoms with Gasteiger partial charge in [0.15, 0.2) is 5.82 Å². The lowest BCUT2D eigenvalue weighted by molar-refractivity contribution is 0.628. The standard InChI is InChI=1S/C11H13FN4/c1-7-4-5-9(12)8(6-7)10-14-15-11(13-2)16(10)3/h4-6H,1-3H3,(H,13,15). The van der Waals surface area contributed by atoms with Crippen molar-refractivity contribution in [3.8, 4) is 11.4 Å². The Morgan fingerprint density at radius 2 is 2.06 bits per heavy atom. The van der Waals surface area contributed by atoms with E-state index in [1.165, 1.54) is 6.07 Å². The number of hydrogen-bond donors (Lipinski definition) is 1. The summed E-state index contributed by atoms with van der Waals surface area (Å²) in [5, 5.41) is 10.8. The second-order valence-electron chi connectivity index (χ2n) is 3.64. The van der Waals surface area contributed by atoms with Gasteiger partial charge < -0.3 is 5.32 Å². The SMILES string of the molecule is CNc1nnc(-c2cc(C)ccc2F)n1C. The number of benzene rings is 1. The molecule has 5 heteroatoms. The van der Waals surface area contributed by atoms with Gasteiger partial charge in [0.25, 0.3) is 0 Å². The highest BCUT2D eigenvalue weighted by molar-refractivity contribution is 5.59. The first kappa shape index (κ1) is 10.6. The minimum atomic E-state index is -0.288. The zero-order chi connectivity index (χ0) is 11.7. The molecule has 2 rings (SSSR count). The molecular weight excluding hydrogens is 207 g/mol.